The Bertz CT molecular complexity index is 1350. The molecule has 0 N–H and O–H groups in total. The summed E-state index contributed by atoms with van der Waals surface area (Å²) >= 11 is 6.74. The lowest BCUT2D eigenvalue weighted by molar-refractivity contribution is -0.129. The monoisotopic (exact) mass is 531 g/mol. The molecule has 37 heavy (non-hydrogen) atoms. The number of amides is 1. The molecule has 4 rings (SSSR count). The van der Waals surface area contributed by atoms with Gasteiger partial charge < -0.3 is 14.2 Å². The zero-order valence-corrected chi connectivity index (χ0v) is 22.0. The summed E-state index contributed by atoms with van der Waals surface area (Å²) in [6.07, 6.45) is 5.50. The highest BCUT2D eigenvalue weighted by Crippen LogP contribution is 2.33. The number of hydrogen-bond donors (Lipinski definition) is 0. The number of nitrogens with zero attached hydrogens (tertiary/aromatic N) is 1. The van der Waals surface area contributed by atoms with Gasteiger partial charge in [0.15, 0.2) is 11.5 Å². The molecule has 3 aromatic rings. The number of thioether (sulfide) groups is 1. The van der Waals surface area contributed by atoms with Crippen LogP contribution < -0.4 is 14.2 Å². The predicted octanol–water partition coefficient (Wildman–Crippen LogP) is 5.77. The summed E-state index contributed by atoms with van der Waals surface area (Å²) in [6, 6.07) is 22.2. The summed E-state index contributed by atoms with van der Waals surface area (Å²) in [7, 11) is 3.18. The van der Waals surface area contributed by atoms with Crippen molar-refractivity contribution in [3.05, 3.63) is 100 Å². The minimum Gasteiger partial charge on any atom is -0.493 e. The van der Waals surface area contributed by atoms with Crippen molar-refractivity contribution in [1.82, 2.24) is 4.90 Å². The SMILES string of the molecule is COc1ccc(CCN2C(=O)/C(=C/c3ccc(OC(=O)/C=C/c4ccccc4)cc3)SC2=S)cc1OC. The van der Waals surface area contributed by atoms with Crippen LogP contribution in [0.15, 0.2) is 83.8 Å². The molecule has 3 aromatic carbocycles. The lowest BCUT2D eigenvalue weighted by Crippen LogP contribution is -2.30. The van der Waals surface area contributed by atoms with Gasteiger partial charge in [-0.25, -0.2) is 4.79 Å². The van der Waals surface area contributed by atoms with E-state index in [0.717, 1.165) is 16.7 Å². The first-order chi connectivity index (χ1) is 18.0. The molecule has 1 heterocycles. The van der Waals surface area contributed by atoms with E-state index >= 15 is 0 Å². The van der Waals surface area contributed by atoms with Crippen LogP contribution in [0.4, 0.5) is 0 Å². The highest BCUT2D eigenvalue weighted by molar-refractivity contribution is 8.26. The molecule has 1 aliphatic heterocycles. The Balaban J connectivity index is 1.35. The van der Waals surface area contributed by atoms with Crippen molar-refractivity contribution in [1.29, 1.82) is 0 Å². The van der Waals surface area contributed by atoms with Crippen LogP contribution in [-0.2, 0) is 16.0 Å². The molecule has 188 valence electrons. The zero-order valence-electron chi connectivity index (χ0n) is 20.4. The van der Waals surface area contributed by atoms with E-state index in [4.69, 9.17) is 26.4 Å². The summed E-state index contributed by atoms with van der Waals surface area (Å²) in [4.78, 5) is 27.2. The Morgan fingerprint density at radius 1 is 0.946 bits per heavy atom. The quantitative estimate of drug-likeness (QED) is 0.150. The molecular formula is C29H25NO5S2. The third-order valence-corrected chi connectivity index (χ3v) is 6.93. The third-order valence-electron chi connectivity index (χ3n) is 5.55. The first kappa shape index (κ1) is 26.2. The second-order valence-corrected chi connectivity index (χ2v) is 9.68. The van der Waals surface area contributed by atoms with Gasteiger partial charge in [0, 0.05) is 12.6 Å². The Hall–Kier alpha value is -3.88. The van der Waals surface area contributed by atoms with Crippen molar-refractivity contribution in [3.8, 4) is 17.2 Å². The van der Waals surface area contributed by atoms with Crippen molar-refractivity contribution < 1.29 is 23.8 Å². The summed E-state index contributed by atoms with van der Waals surface area (Å²) in [5, 5.41) is 0. The number of ether oxygens (including phenoxy) is 3. The number of hydrogen-bond acceptors (Lipinski definition) is 7. The number of benzene rings is 3. The highest BCUT2D eigenvalue weighted by Gasteiger charge is 2.31. The number of esters is 1. The number of thiocarbonyl (C=S) groups is 1. The van der Waals surface area contributed by atoms with Crippen molar-refractivity contribution in [2.24, 2.45) is 0 Å². The Morgan fingerprint density at radius 3 is 2.38 bits per heavy atom. The fraction of sp³-hybridized carbons (Fsp3) is 0.138. The van der Waals surface area contributed by atoms with E-state index in [1.54, 1.807) is 55.5 Å². The minimum atomic E-state index is -0.466. The van der Waals surface area contributed by atoms with Gasteiger partial charge in [0.05, 0.1) is 19.1 Å². The van der Waals surface area contributed by atoms with Crippen LogP contribution in [0.3, 0.4) is 0 Å². The number of methoxy groups -OCH3 is 2. The molecule has 0 aliphatic carbocycles. The first-order valence-electron chi connectivity index (χ1n) is 11.5. The van der Waals surface area contributed by atoms with E-state index in [9.17, 15) is 9.59 Å². The Kier molecular flexibility index (Phi) is 8.77. The van der Waals surface area contributed by atoms with Gasteiger partial charge in [0.25, 0.3) is 5.91 Å². The smallest absolute Gasteiger partial charge is 0.336 e. The van der Waals surface area contributed by atoms with Gasteiger partial charge in [0.1, 0.15) is 10.1 Å². The Labute approximate surface area is 225 Å². The van der Waals surface area contributed by atoms with E-state index in [2.05, 4.69) is 0 Å². The maximum absolute atomic E-state index is 13.0. The van der Waals surface area contributed by atoms with Gasteiger partial charge >= 0.3 is 5.97 Å². The van der Waals surface area contributed by atoms with Gasteiger partial charge in [-0.1, -0.05) is 72.5 Å². The first-order valence-corrected chi connectivity index (χ1v) is 12.7. The van der Waals surface area contributed by atoms with Crippen molar-refractivity contribution in [2.45, 2.75) is 6.42 Å². The summed E-state index contributed by atoms with van der Waals surface area (Å²) in [5.41, 5.74) is 2.73. The van der Waals surface area contributed by atoms with Crippen LogP contribution in [-0.4, -0.2) is 41.9 Å². The summed E-state index contributed by atoms with van der Waals surface area (Å²) in [5.74, 6) is 1.13. The molecule has 0 bridgehead atoms. The van der Waals surface area contributed by atoms with Gasteiger partial charge in [-0.05, 0) is 59.5 Å². The summed E-state index contributed by atoms with van der Waals surface area (Å²) in [6.45, 7) is 0.461. The third kappa shape index (κ3) is 6.87. The van der Waals surface area contributed by atoms with Gasteiger partial charge in [0.2, 0.25) is 0 Å². The standard InChI is InChI=1S/C29H25NO5S2/c1-33-24-14-10-22(18-25(24)34-2)16-17-30-28(32)26(37-29(30)36)19-21-8-12-23(13-9-21)35-27(31)15-11-20-6-4-3-5-7-20/h3-15,18-19H,16-17H2,1-2H3/b15-11+,26-19-. The van der Waals surface area contributed by atoms with Crippen LogP contribution in [0.1, 0.15) is 16.7 Å². The van der Waals surface area contributed by atoms with E-state index in [-0.39, 0.29) is 5.91 Å². The average molecular weight is 532 g/mol. The average Bonchev–Trinajstić information content (AvgIpc) is 3.19. The van der Waals surface area contributed by atoms with E-state index in [1.165, 1.54) is 17.8 Å². The highest BCUT2D eigenvalue weighted by atomic mass is 32.2. The largest absolute Gasteiger partial charge is 0.493 e. The lowest BCUT2D eigenvalue weighted by Gasteiger charge is -2.15. The van der Waals surface area contributed by atoms with E-state index in [0.29, 0.717) is 39.4 Å². The molecule has 0 aromatic heterocycles. The molecule has 0 unspecified atom stereocenters. The zero-order chi connectivity index (χ0) is 26.2. The van der Waals surface area contributed by atoms with Crippen molar-refractivity contribution >= 4 is 52.3 Å². The molecule has 1 fully saturated rings. The fourth-order valence-electron chi connectivity index (χ4n) is 3.63. The number of carbonyl (C=O) groups excluding carboxylic acids is 2. The molecule has 6 nitrogen and oxygen atoms in total. The van der Waals surface area contributed by atoms with Gasteiger partial charge in [-0.2, -0.15) is 0 Å². The normalized spacial score (nSPS) is 14.4. The van der Waals surface area contributed by atoms with Crippen molar-refractivity contribution in [3.63, 3.8) is 0 Å². The van der Waals surface area contributed by atoms with Crippen LogP contribution >= 0.6 is 24.0 Å². The molecule has 1 aliphatic rings. The molecule has 1 saturated heterocycles. The van der Waals surface area contributed by atoms with E-state index < -0.39 is 5.97 Å². The van der Waals surface area contributed by atoms with Crippen LogP contribution in [0, 0.1) is 0 Å². The van der Waals surface area contributed by atoms with Gasteiger partial charge in [-0.15, -0.1) is 0 Å². The Morgan fingerprint density at radius 2 is 1.68 bits per heavy atom. The second-order valence-electron chi connectivity index (χ2n) is 8.01. The van der Waals surface area contributed by atoms with Crippen LogP contribution in [0.5, 0.6) is 17.2 Å². The number of carbonyl (C=O) groups is 2. The van der Waals surface area contributed by atoms with Crippen molar-refractivity contribution in [2.75, 3.05) is 20.8 Å². The number of rotatable bonds is 9. The topological polar surface area (TPSA) is 65.1 Å². The molecule has 0 saturated carbocycles. The maximum atomic E-state index is 13.0. The fourth-order valence-corrected chi connectivity index (χ4v) is 4.94. The minimum absolute atomic E-state index is 0.128. The summed E-state index contributed by atoms with van der Waals surface area (Å²) < 4.78 is 16.5. The molecule has 0 atom stereocenters. The predicted molar refractivity (Wildman–Crippen MR) is 151 cm³/mol. The van der Waals surface area contributed by atoms with Crippen LogP contribution in [0.25, 0.3) is 12.2 Å². The second kappa shape index (κ2) is 12.4. The molecule has 0 spiro atoms. The molecule has 1 amide bonds. The van der Waals surface area contributed by atoms with E-state index in [1.807, 2.05) is 48.5 Å². The molecule has 8 heteroatoms. The van der Waals surface area contributed by atoms with Crippen LogP contribution in [0.2, 0.25) is 0 Å². The molecular weight excluding hydrogens is 506 g/mol. The molecule has 0 radical (unpaired) electrons. The maximum Gasteiger partial charge on any atom is 0.336 e. The van der Waals surface area contributed by atoms with Gasteiger partial charge in [-0.3, -0.25) is 9.69 Å². The lowest BCUT2D eigenvalue weighted by atomic mass is 10.1.